The molecule has 0 unspecified atom stereocenters. The van der Waals surface area contributed by atoms with Gasteiger partial charge in [0.1, 0.15) is 23.3 Å². The minimum atomic E-state index is -0.217. The van der Waals surface area contributed by atoms with Gasteiger partial charge in [0.2, 0.25) is 0 Å². The van der Waals surface area contributed by atoms with Crippen molar-refractivity contribution in [1.29, 1.82) is 0 Å². The summed E-state index contributed by atoms with van der Waals surface area (Å²) >= 11 is 0. The molecule has 0 saturated heterocycles. The zero-order valence-electron chi connectivity index (χ0n) is 14.8. The number of rotatable bonds is 6. The van der Waals surface area contributed by atoms with Crippen molar-refractivity contribution in [2.45, 2.75) is 39.2 Å². The van der Waals surface area contributed by atoms with Crippen LogP contribution in [0.5, 0.6) is 0 Å². The zero-order chi connectivity index (χ0) is 18.1. The summed E-state index contributed by atoms with van der Waals surface area (Å²) in [5.41, 5.74) is 2.66. The Bertz CT molecular complexity index is 932. The lowest BCUT2D eigenvalue weighted by Crippen LogP contribution is -2.06. The van der Waals surface area contributed by atoms with Crippen LogP contribution in [-0.2, 0) is 6.54 Å². The van der Waals surface area contributed by atoms with Gasteiger partial charge in [-0.2, -0.15) is 5.10 Å². The minimum Gasteiger partial charge on any atom is -0.366 e. The van der Waals surface area contributed by atoms with Crippen molar-refractivity contribution in [3.05, 3.63) is 58.8 Å². The molecule has 0 atom stereocenters. The maximum absolute atomic E-state index is 14.0. The Balaban J connectivity index is 1.46. The fraction of sp³-hybridized carbons (Fsp3) is 0.316. The van der Waals surface area contributed by atoms with E-state index in [4.69, 9.17) is 0 Å². The van der Waals surface area contributed by atoms with Gasteiger partial charge in [0, 0.05) is 35.9 Å². The number of anilines is 3. The van der Waals surface area contributed by atoms with E-state index in [1.807, 2.05) is 26.0 Å². The number of nitrogens with one attached hydrogen (secondary N) is 3. The second kappa shape index (κ2) is 6.74. The number of aryl methyl sites for hydroxylation is 2. The predicted octanol–water partition coefficient (Wildman–Crippen LogP) is 4.19. The quantitative estimate of drug-likeness (QED) is 0.620. The number of hydrogen-bond acceptors (Lipinski definition) is 5. The SMILES string of the molecule is Cc1ccc(CNc2cc(Nc3cc(C4CC4)[nH]n3)nc(C)n2)c(F)c1. The fourth-order valence-electron chi connectivity index (χ4n) is 2.84. The van der Waals surface area contributed by atoms with Gasteiger partial charge in [-0.3, -0.25) is 5.10 Å². The number of H-pyrrole nitrogens is 1. The van der Waals surface area contributed by atoms with E-state index in [0.717, 1.165) is 17.1 Å². The second-order valence-electron chi connectivity index (χ2n) is 6.74. The van der Waals surface area contributed by atoms with Crippen molar-refractivity contribution < 1.29 is 4.39 Å². The van der Waals surface area contributed by atoms with Crippen LogP contribution >= 0.6 is 0 Å². The molecule has 1 aromatic carbocycles. The predicted molar refractivity (Wildman–Crippen MR) is 99.1 cm³/mol. The molecule has 1 aliphatic rings. The molecule has 0 amide bonds. The molecule has 1 aliphatic carbocycles. The average molecular weight is 352 g/mol. The molecule has 7 heteroatoms. The normalized spacial score (nSPS) is 13.7. The smallest absolute Gasteiger partial charge is 0.153 e. The van der Waals surface area contributed by atoms with Gasteiger partial charge in [0.05, 0.1) is 0 Å². The summed E-state index contributed by atoms with van der Waals surface area (Å²) < 4.78 is 14.0. The second-order valence-corrected chi connectivity index (χ2v) is 6.74. The number of aromatic nitrogens is 4. The van der Waals surface area contributed by atoms with Crippen molar-refractivity contribution in [3.63, 3.8) is 0 Å². The first-order valence-corrected chi connectivity index (χ1v) is 8.74. The van der Waals surface area contributed by atoms with Gasteiger partial charge in [-0.1, -0.05) is 12.1 Å². The van der Waals surface area contributed by atoms with Crippen LogP contribution in [0, 0.1) is 19.7 Å². The maximum Gasteiger partial charge on any atom is 0.153 e. The van der Waals surface area contributed by atoms with Crippen LogP contribution in [0.4, 0.5) is 21.8 Å². The van der Waals surface area contributed by atoms with Gasteiger partial charge in [0.15, 0.2) is 5.82 Å². The van der Waals surface area contributed by atoms with Crippen molar-refractivity contribution in [2.24, 2.45) is 0 Å². The van der Waals surface area contributed by atoms with E-state index in [1.54, 1.807) is 12.1 Å². The van der Waals surface area contributed by atoms with E-state index in [-0.39, 0.29) is 5.82 Å². The molecule has 3 aromatic rings. The molecular weight excluding hydrogens is 331 g/mol. The van der Waals surface area contributed by atoms with Crippen molar-refractivity contribution in [3.8, 4) is 0 Å². The summed E-state index contributed by atoms with van der Waals surface area (Å²) in [6.45, 7) is 4.05. The third-order valence-electron chi connectivity index (χ3n) is 4.38. The Labute approximate surface area is 151 Å². The lowest BCUT2D eigenvalue weighted by molar-refractivity contribution is 0.611. The first-order chi connectivity index (χ1) is 12.6. The fourth-order valence-corrected chi connectivity index (χ4v) is 2.84. The van der Waals surface area contributed by atoms with Crippen LogP contribution in [0.1, 0.15) is 41.4 Å². The van der Waals surface area contributed by atoms with E-state index >= 15 is 0 Å². The lowest BCUT2D eigenvalue weighted by atomic mass is 10.1. The topological polar surface area (TPSA) is 78.5 Å². The van der Waals surface area contributed by atoms with E-state index in [1.165, 1.54) is 18.9 Å². The summed E-state index contributed by atoms with van der Waals surface area (Å²) in [6.07, 6.45) is 2.44. The highest BCUT2D eigenvalue weighted by atomic mass is 19.1. The molecule has 2 heterocycles. The molecule has 1 saturated carbocycles. The molecule has 4 rings (SSSR count). The number of benzene rings is 1. The van der Waals surface area contributed by atoms with E-state index in [9.17, 15) is 4.39 Å². The molecule has 0 bridgehead atoms. The molecule has 2 aromatic heterocycles. The van der Waals surface area contributed by atoms with Crippen LogP contribution in [0.25, 0.3) is 0 Å². The van der Waals surface area contributed by atoms with E-state index < -0.39 is 0 Å². The molecule has 6 nitrogen and oxygen atoms in total. The summed E-state index contributed by atoms with van der Waals surface area (Å²) in [6, 6.07) is 9.03. The number of nitrogens with zero attached hydrogens (tertiary/aromatic N) is 3. The van der Waals surface area contributed by atoms with Gasteiger partial charge in [-0.05, 0) is 38.3 Å². The Morgan fingerprint density at radius 3 is 2.65 bits per heavy atom. The standard InChI is InChI=1S/C19H21FN6/c1-11-3-4-14(15(20)7-11)10-21-17-9-18(23-12(2)22-17)24-19-8-16(25-26-19)13-5-6-13/h3-4,7-9,13H,5-6,10H2,1-2H3,(H3,21,22,23,24,25,26). The molecule has 134 valence electrons. The first-order valence-electron chi connectivity index (χ1n) is 8.74. The van der Waals surface area contributed by atoms with Crippen molar-refractivity contribution in [2.75, 3.05) is 10.6 Å². The van der Waals surface area contributed by atoms with E-state index in [0.29, 0.717) is 35.5 Å². The molecule has 3 N–H and O–H groups in total. The number of halogens is 1. The average Bonchev–Trinajstić information content (AvgIpc) is 3.34. The van der Waals surface area contributed by atoms with Gasteiger partial charge >= 0.3 is 0 Å². The summed E-state index contributed by atoms with van der Waals surface area (Å²) in [5.74, 6) is 3.05. The minimum absolute atomic E-state index is 0.217. The Hall–Kier alpha value is -2.96. The molecule has 26 heavy (non-hydrogen) atoms. The van der Waals surface area contributed by atoms with Crippen LogP contribution in [0.2, 0.25) is 0 Å². The van der Waals surface area contributed by atoms with Crippen molar-refractivity contribution in [1.82, 2.24) is 20.2 Å². The van der Waals surface area contributed by atoms with Gasteiger partial charge < -0.3 is 10.6 Å². The number of aromatic amines is 1. The highest BCUT2D eigenvalue weighted by Gasteiger charge is 2.25. The highest BCUT2D eigenvalue weighted by Crippen LogP contribution is 2.39. The van der Waals surface area contributed by atoms with Crippen LogP contribution < -0.4 is 10.6 Å². The van der Waals surface area contributed by atoms with Crippen LogP contribution in [-0.4, -0.2) is 20.2 Å². The molecule has 0 aliphatic heterocycles. The highest BCUT2D eigenvalue weighted by molar-refractivity contribution is 5.56. The Morgan fingerprint density at radius 2 is 1.88 bits per heavy atom. The lowest BCUT2D eigenvalue weighted by Gasteiger charge is -2.10. The van der Waals surface area contributed by atoms with Gasteiger partial charge in [-0.15, -0.1) is 0 Å². The van der Waals surface area contributed by atoms with Crippen LogP contribution in [0.15, 0.2) is 30.3 Å². The van der Waals surface area contributed by atoms with Crippen LogP contribution in [0.3, 0.4) is 0 Å². The molecule has 0 spiro atoms. The third kappa shape index (κ3) is 3.82. The van der Waals surface area contributed by atoms with Crippen molar-refractivity contribution >= 4 is 17.5 Å². The van der Waals surface area contributed by atoms with Gasteiger partial charge in [0.25, 0.3) is 0 Å². The zero-order valence-corrected chi connectivity index (χ0v) is 14.8. The van der Waals surface area contributed by atoms with E-state index in [2.05, 4.69) is 30.8 Å². The summed E-state index contributed by atoms with van der Waals surface area (Å²) in [7, 11) is 0. The molecular formula is C19H21FN6. The Kier molecular flexibility index (Phi) is 4.28. The summed E-state index contributed by atoms with van der Waals surface area (Å²) in [5, 5.41) is 13.7. The maximum atomic E-state index is 14.0. The first kappa shape index (κ1) is 16.5. The molecule has 1 fully saturated rings. The summed E-state index contributed by atoms with van der Waals surface area (Å²) in [4.78, 5) is 8.76. The largest absolute Gasteiger partial charge is 0.366 e. The Morgan fingerprint density at radius 1 is 1.08 bits per heavy atom. The monoisotopic (exact) mass is 352 g/mol. The third-order valence-corrected chi connectivity index (χ3v) is 4.38. The van der Waals surface area contributed by atoms with Gasteiger partial charge in [-0.25, -0.2) is 14.4 Å². The molecule has 0 radical (unpaired) electrons. The number of hydrogen-bond donors (Lipinski definition) is 3.